The predicted octanol–water partition coefficient (Wildman–Crippen LogP) is 4.26. The second kappa shape index (κ2) is 7.89. The molecule has 0 fully saturated rings. The third-order valence-electron chi connectivity index (χ3n) is 3.75. The maximum absolute atomic E-state index is 13.1. The molecule has 0 atom stereocenters. The van der Waals surface area contributed by atoms with Crippen molar-refractivity contribution in [3.8, 4) is 0 Å². The van der Waals surface area contributed by atoms with Crippen LogP contribution in [0.25, 0.3) is 10.9 Å². The minimum Gasteiger partial charge on any atom is -0.350 e. The lowest BCUT2D eigenvalue weighted by Crippen LogP contribution is -2.27. The molecule has 0 saturated heterocycles. The Kier molecular flexibility index (Phi) is 5.60. The fraction of sp³-hybridized carbons (Fsp3) is 0.222. The van der Waals surface area contributed by atoms with E-state index in [0.717, 1.165) is 21.7 Å². The van der Waals surface area contributed by atoms with Crippen molar-refractivity contribution < 1.29 is 9.18 Å². The Morgan fingerprint density at radius 2 is 2.20 bits per heavy atom. The lowest BCUT2D eigenvalue weighted by molar-refractivity contribution is -0.121. The first-order valence-corrected chi connectivity index (χ1v) is 9.22. The number of nitrogens with zero attached hydrogens (tertiary/aromatic N) is 2. The quantitative estimate of drug-likeness (QED) is 0.653. The van der Waals surface area contributed by atoms with Gasteiger partial charge in [-0.25, -0.2) is 9.37 Å². The predicted molar refractivity (Wildman–Crippen MR) is 99.4 cm³/mol. The largest absolute Gasteiger partial charge is 0.350 e. The number of aromatic nitrogens is 2. The number of carbonyl (C=O) groups is 1. The van der Waals surface area contributed by atoms with Gasteiger partial charge in [0, 0.05) is 29.3 Å². The second-order valence-electron chi connectivity index (χ2n) is 5.44. The number of benzene rings is 1. The minimum atomic E-state index is -0.395. The summed E-state index contributed by atoms with van der Waals surface area (Å²) in [5.74, 6) is 0.406. The van der Waals surface area contributed by atoms with Crippen molar-refractivity contribution in [3.05, 3.63) is 59.1 Å². The van der Waals surface area contributed by atoms with Gasteiger partial charge in [-0.3, -0.25) is 4.79 Å². The van der Waals surface area contributed by atoms with Crippen LogP contribution in [0.4, 0.5) is 4.39 Å². The molecule has 0 bridgehead atoms. The Balaban J connectivity index is 1.69. The standard InChI is InChI=1S/C18H17ClFN3OS/c1-2-25-18-14-6-8-23(16(14)5-7-21-18)11-17(24)22-10-12-3-4-13(20)9-15(12)19/h3-9H,2,10-11H2,1H3,(H,22,24). The van der Waals surface area contributed by atoms with Crippen molar-refractivity contribution in [2.45, 2.75) is 25.0 Å². The lowest BCUT2D eigenvalue weighted by Gasteiger charge is -2.09. The number of hydrogen-bond donors (Lipinski definition) is 1. The SMILES string of the molecule is CCSc1nccc2c1ccn2CC(=O)NCc1ccc(F)cc1Cl. The molecule has 1 amide bonds. The van der Waals surface area contributed by atoms with Crippen LogP contribution in [0.5, 0.6) is 0 Å². The molecule has 3 rings (SSSR count). The van der Waals surface area contributed by atoms with Gasteiger partial charge in [-0.2, -0.15) is 0 Å². The second-order valence-corrected chi connectivity index (χ2v) is 7.10. The third kappa shape index (κ3) is 4.14. The molecule has 3 aromatic rings. The highest BCUT2D eigenvalue weighted by molar-refractivity contribution is 7.99. The summed E-state index contributed by atoms with van der Waals surface area (Å²) in [6.07, 6.45) is 3.64. The highest BCUT2D eigenvalue weighted by Crippen LogP contribution is 2.26. The van der Waals surface area contributed by atoms with Gasteiger partial charge in [-0.15, -0.1) is 11.8 Å². The number of pyridine rings is 1. The molecule has 1 aromatic carbocycles. The Bertz CT molecular complexity index is 912. The number of amides is 1. The van der Waals surface area contributed by atoms with Gasteiger partial charge >= 0.3 is 0 Å². The van der Waals surface area contributed by atoms with E-state index in [1.807, 2.05) is 22.9 Å². The number of fused-ring (bicyclic) bond motifs is 1. The monoisotopic (exact) mass is 377 g/mol. The van der Waals surface area contributed by atoms with Crippen LogP contribution in [-0.2, 0) is 17.9 Å². The van der Waals surface area contributed by atoms with Crippen LogP contribution >= 0.6 is 23.4 Å². The molecule has 130 valence electrons. The summed E-state index contributed by atoms with van der Waals surface area (Å²) >= 11 is 7.65. The first-order valence-electron chi connectivity index (χ1n) is 7.85. The van der Waals surface area contributed by atoms with E-state index in [1.165, 1.54) is 12.1 Å². The molecule has 4 nitrogen and oxygen atoms in total. The number of halogens is 2. The molecule has 0 unspecified atom stereocenters. The smallest absolute Gasteiger partial charge is 0.240 e. The molecule has 0 spiro atoms. The molecule has 25 heavy (non-hydrogen) atoms. The first-order chi connectivity index (χ1) is 12.1. The van der Waals surface area contributed by atoms with Gasteiger partial charge in [0.2, 0.25) is 5.91 Å². The normalized spacial score (nSPS) is 11.0. The van der Waals surface area contributed by atoms with Crippen LogP contribution in [0.2, 0.25) is 5.02 Å². The fourth-order valence-corrected chi connectivity index (χ4v) is 3.53. The van der Waals surface area contributed by atoms with Gasteiger partial charge in [0.15, 0.2) is 0 Å². The molecule has 0 aliphatic rings. The number of rotatable bonds is 6. The van der Waals surface area contributed by atoms with Crippen molar-refractivity contribution in [2.24, 2.45) is 0 Å². The molecule has 0 aliphatic heterocycles. The summed E-state index contributed by atoms with van der Waals surface area (Å²) in [5, 5.41) is 5.13. The Hall–Kier alpha value is -2.05. The average Bonchev–Trinajstić information content (AvgIpc) is 2.98. The van der Waals surface area contributed by atoms with Gasteiger partial charge in [-0.05, 0) is 35.6 Å². The van der Waals surface area contributed by atoms with E-state index in [4.69, 9.17) is 11.6 Å². The molecule has 0 radical (unpaired) electrons. The zero-order valence-electron chi connectivity index (χ0n) is 13.6. The summed E-state index contributed by atoms with van der Waals surface area (Å²) in [5.41, 5.74) is 1.65. The Morgan fingerprint density at radius 1 is 1.36 bits per heavy atom. The van der Waals surface area contributed by atoms with Gasteiger partial charge in [0.05, 0.1) is 5.52 Å². The molecule has 2 heterocycles. The average molecular weight is 378 g/mol. The molecule has 2 aromatic heterocycles. The van der Waals surface area contributed by atoms with Crippen LogP contribution in [0, 0.1) is 5.82 Å². The van der Waals surface area contributed by atoms with E-state index in [1.54, 1.807) is 24.0 Å². The van der Waals surface area contributed by atoms with E-state index < -0.39 is 5.82 Å². The maximum atomic E-state index is 13.1. The third-order valence-corrected chi connectivity index (χ3v) is 4.99. The molecule has 7 heteroatoms. The summed E-state index contributed by atoms with van der Waals surface area (Å²) in [6.45, 7) is 2.54. The number of hydrogen-bond acceptors (Lipinski definition) is 3. The van der Waals surface area contributed by atoms with E-state index in [9.17, 15) is 9.18 Å². The van der Waals surface area contributed by atoms with Crippen LogP contribution in [0.1, 0.15) is 12.5 Å². The molecular weight excluding hydrogens is 361 g/mol. The highest BCUT2D eigenvalue weighted by atomic mass is 35.5. The molecule has 1 N–H and O–H groups in total. The Labute approximate surface area is 154 Å². The van der Waals surface area contributed by atoms with Crippen molar-refractivity contribution in [3.63, 3.8) is 0 Å². The zero-order chi connectivity index (χ0) is 17.8. The lowest BCUT2D eigenvalue weighted by atomic mass is 10.2. The molecular formula is C18H17ClFN3OS. The van der Waals surface area contributed by atoms with Gasteiger partial charge in [0.25, 0.3) is 0 Å². The van der Waals surface area contributed by atoms with E-state index in [-0.39, 0.29) is 19.0 Å². The van der Waals surface area contributed by atoms with Crippen LogP contribution in [0.15, 0.2) is 47.8 Å². The van der Waals surface area contributed by atoms with E-state index in [2.05, 4.69) is 17.2 Å². The summed E-state index contributed by atoms with van der Waals surface area (Å²) < 4.78 is 14.9. The molecule has 0 saturated carbocycles. The zero-order valence-corrected chi connectivity index (χ0v) is 15.2. The highest BCUT2D eigenvalue weighted by Gasteiger charge is 2.10. The summed E-state index contributed by atoms with van der Waals surface area (Å²) in [6, 6.07) is 8.02. The first kappa shape index (κ1) is 17.8. The number of thioether (sulfide) groups is 1. The van der Waals surface area contributed by atoms with Crippen LogP contribution in [-0.4, -0.2) is 21.2 Å². The maximum Gasteiger partial charge on any atom is 0.240 e. The van der Waals surface area contributed by atoms with Gasteiger partial charge in [-0.1, -0.05) is 24.6 Å². The van der Waals surface area contributed by atoms with Gasteiger partial charge in [0.1, 0.15) is 17.4 Å². The van der Waals surface area contributed by atoms with Crippen LogP contribution in [0.3, 0.4) is 0 Å². The summed E-state index contributed by atoms with van der Waals surface area (Å²) in [7, 11) is 0. The van der Waals surface area contributed by atoms with Crippen molar-refractivity contribution >= 4 is 40.2 Å². The van der Waals surface area contributed by atoms with Crippen molar-refractivity contribution in [1.82, 2.24) is 14.9 Å². The van der Waals surface area contributed by atoms with E-state index in [0.29, 0.717) is 10.6 Å². The topological polar surface area (TPSA) is 46.9 Å². The number of carbonyl (C=O) groups excluding carboxylic acids is 1. The van der Waals surface area contributed by atoms with Crippen LogP contribution < -0.4 is 5.32 Å². The van der Waals surface area contributed by atoms with E-state index >= 15 is 0 Å². The summed E-state index contributed by atoms with van der Waals surface area (Å²) in [4.78, 5) is 16.6. The Morgan fingerprint density at radius 3 is 2.96 bits per heavy atom. The minimum absolute atomic E-state index is 0.139. The fourth-order valence-electron chi connectivity index (χ4n) is 2.56. The van der Waals surface area contributed by atoms with Crippen molar-refractivity contribution in [1.29, 1.82) is 0 Å². The molecule has 0 aliphatic carbocycles. The number of nitrogens with one attached hydrogen (secondary N) is 1. The van der Waals surface area contributed by atoms with Crippen molar-refractivity contribution in [2.75, 3.05) is 5.75 Å². The van der Waals surface area contributed by atoms with Gasteiger partial charge < -0.3 is 9.88 Å².